The number of aliphatic imine (C=N–C) groups is 1. The van der Waals surface area contributed by atoms with Gasteiger partial charge in [-0.25, -0.2) is 18.1 Å². The summed E-state index contributed by atoms with van der Waals surface area (Å²) in [6, 6.07) is 5.49. The van der Waals surface area contributed by atoms with E-state index in [1.54, 1.807) is 12.1 Å². The van der Waals surface area contributed by atoms with Gasteiger partial charge in [-0.2, -0.15) is 8.75 Å². The number of rotatable bonds is 5. The summed E-state index contributed by atoms with van der Waals surface area (Å²) < 4.78 is 36.2. The maximum Gasteiger partial charge on any atom is 0.266 e. The summed E-state index contributed by atoms with van der Waals surface area (Å²) >= 11 is 0.998. The molecule has 1 atom stereocenters. The SMILES string of the molecule is CCN1CCCC1CN1CN=C(NS(=O)(=O)c2cccc3nsnc23)NC1. The molecule has 1 unspecified atom stereocenters. The van der Waals surface area contributed by atoms with Gasteiger partial charge >= 0.3 is 0 Å². The highest BCUT2D eigenvalue weighted by molar-refractivity contribution is 7.90. The molecule has 0 spiro atoms. The second kappa shape index (κ2) is 7.66. The minimum Gasteiger partial charge on any atom is -0.343 e. The van der Waals surface area contributed by atoms with E-state index in [9.17, 15) is 8.42 Å². The number of likely N-dealkylation sites (N-methyl/N-ethyl adjacent to an activating group) is 1. The van der Waals surface area contributed by atoms with Crippen molar-refractivity contribution in [2.75, 3.05) is 33.0 Å². The molecule has 146 valence electrons. The van der Waals surface area contributed by atoms with Gasteiger partial charge in [-0.1, -0.05) is 13.0 Å². The molecular formula is C16H23N7O2S2. The van der Waals surface area contributed by atoms with E-state index in [2.05, 4.69) is 40.5 Å². The number of fused-ring (bicyclic) bond motifs is 1. The number of guanidine groups is 1. The average Bonchev–Trinajstić information content (AvgIpc) is 3.31. The summed E-state index contributed by atoms with van der Waals surface area (Å²) in [6.45, 7) is 6.40. The van der Waals surface area contributed by atoms with Crippen LogP contribution in [0.3, 0.4) is 0 Å². The lowest BCUT2D eigenvalue weighted by molar-refractivity contribution is 0.172. The van der Waals surface area contributed by atoms with Gasteiger partial charge in [0, 0.05) is 12.6 Å². The van der Waals surface area contributed by atoms with Gasteiger partial charge in [0.1, 0.15) is 15.9 Å². The lowest BCUT2D eigenvalue weighted by atomic mass is 10.2. The third kappa shape index (κ3) is 3.91. The molecule has 4 rings (SSSR count). The number of benzene rings is 1. The first kappa shape index (κ1) is 18.5. The van der Waals surface area contributed by atoms with Crippen molar-refractivity contribution in [3.05, 3.63) is 18.2 Å². The number of sulfonamides is 1. The van der Waals surface area contributed by atoms with E-state index in [0.717, 1.165) is 31.4 Å². The fourth-order valence-corrected chi connectivity index (χ4v) is 5.42. The molecule has 2 aliphatic rings. The van der Waals surface area contributed by atoms with Crippen molar-refractivity contribution in [1.82, 2.24) is 28.6 Å². The Kier molecular flexibility index (Phi) is 5.26. The Bertz CT molecular complexity index is 943. The van der Waals surface area contributed by atoms with Crippen LogP contribution in [0.15, 0.2) is 28.1 Å². The lowest BCUT2D eigenvalue weighted by Gasteiger charge is -2.32. The summed E-state index contributed by atoms with van der Waals surface area (Å²) in [6.07, 6.45) is 2.45. The monoisotopic (exact) mass is 409 g/mol. The molecule has 27 heavy (non-hydrogen) atoms. The van der Waals surface area contributed by atoms with Crippen molar-refractivity contribution < 1.29 is 8.42 Å². The van der Waals surface area contributed by atoms with Crippen molar-refractivity contribution in [3.8, 4) is 0 Å². The van der Waals surface area contributed by atoms with Crippen LogP contribution in [-0.4, -0.2) is 71.9 Å². The molecule has 0 radical (unpaired) electrons. The van der Waals surface area contributed by atoms with E-state index in [4.69, 9.17) is 0 Å². The van der Waals surface area contributed by atoms with Gasteiger partial charge in [0.2, 0.25) is 5.96 Å². The first-order chi connectivity index (χ1) is 13.1. The van der Waals surface area contributed by atoms with Gasteiger partial charge in [0.25, 0.3) is 10.0 Å². The van der Waals surface area contributed by atoms with Crippen molar-refractivity contribution in [3.63, 3.8) is 0 Å². The topological polar surface area (TPSA) is 103 Å². The molecule has 0 saturated carbocycles. The van der Waals surface area contributed by atoms with Crippen LogP contribution in [0.2, 0.25) is 0 Å². The molecule has 1 aromatic heterocycles. The molecule has 3 heterocycles. The zero-order chi connectivity index (χ0) is 18.9. The van der Waals surface area contributed by atoms with Gasteiger partial charge < -0.3 is 5.32 Å². The van der Waals surface area contributed by atoms with Crippen LogP contribution in [0.4, 0.5) is 0 Å². The highest BCUT2D eigenvalue weighted by atomic mass is 32.2. The second-order valence-corrected chi connectivity index (χ2v) is 8.93. The zero-order valence-corrected chi connectivity index (χ0v) is 16.8. The fourth-order valence-electron chi connectivity index (χ4n) is 3.65. The van der Waals surface area contributed by atoms with Crippen LogP contribution >= 0.6 is 11.7 Å². The molecule has 2 N–H and O–H groups in total. The van der Waals surface area contributed by atoms with Crippen molar-refractivity contribution in [1.29, 1.82) is 0 Å². The van der Waals surface area contributed by atoms with E-state index in [1.807, 2.05) is 0 Å². The second-order valence-electron chi connectivity index (χ2n) is 6.75. The number of hydrogen-bond acceptors (Lipinski definition) is 9. The third-order valence-corrected chi connectivity index (χ3v) is 6.96. The average molecular weight is 410 g/mol. The fraction of sp³-hybridized carbons (Fsp3) is 0.562. The predicted molar refractivity (Wildman–Crippen MR) is 105 cm³/mol. The highest BCUT2D eigenvalue weighted by Crippen LogP contribution is 2.21. The number of aromatic nitrogens is 2. The summed E-state index contributed by atoms with van der Waals surface area (Å²) in [5.74, 6) is 0.269. The third-order valence-electron chi connectivity index (χ3n) is 5.04. The largest absolute Gasteiger partial charge is 0.343 e. The zero-order valence-electron chi connectivity index (χ0n) is 15.1. The summed E-state index contributed by atoms with van der Waals surface area (Å²) in [5.41, 5.74) is 0.957. The maximum absolute atomic E-state index is 12.7. The van der Waals surface area contributed by atoms with Crippen molar-refractivity contribution >= 4 is 38.7 Å². The predicted octanol–water partition coefficient (Wildman–Crippen LogP) is 0.630. The van der Waals surface area contributed by atoms with E-state index < -0.39 is 10.0 Å². The van der Waals surface area contributed by atoms with Crippen LogP contribution < -0.4 is 10.0 Å². The summed E-state index contributed by atoms with van der Waals surface area (Å²) in [4.78, 5) is 9.17. The summed E-state index contributed by atoms with van der Waals surface area (Å²) in [5, 5.41) is 3.08. The van der Waals surface area contributed by atoms with Crippen LogP contribution in [-0.2, 0) is 10.0 Å². The molecule has 1 aromatic carbocycles. The Balaban J connectivity index is 1.42. The van der Waals surface area contributed by atoms with Crippen molar-refractivity contribution in [2.45, 2.75) is 30.7 Å². The van der Waals surface area contributed by atoms with E-state index >= 15 is 0 Å². The smallest absolute Gasteiger partial charge is 0.266 e. The quantitative estimate of drug-likeness (QED) is 0.747. The first-order valence-corrected chi connectivity index (χ1v) is 11.3. The summed E-state index contributed by atoms with van der Waals surface area (Å²) in [7, 11) is -3.77. The highest BCUT2D eigenvalue weighted by Gasteiger charge is 2.27. The standard InChI is InChI=1S/C16H23N7O2S2/c1-2-23-8-4-5-12(23)9-22-10-17-16(18-11-22)21-27(24,25)14-7-3-6-13-15(14)20-26-19-13/h3,6-7,12H,2,4-5,8-11H2,1H3,(H2,17,18,21). The minimum absolute atomic E-state index is 0.116. The Morgan fingerprint density at radius 1 is 1.37 bits per heavy atom. The Labute approximate surface area is 162 Å². The number of nitrogens with one attached hydrogen (secondary N) is 2. The normalized spacial score (nSPS) is 22.0. The molecule has 2 aliphatic heterocycles. The Hall–Kier alpha value is -1.82. The van der Waals surface area contributed by atoms with Crippen LogP contribution in [0, 0.1) is 0 Å². The van der Waals surface area contributed by atoms with E-state index in [1.165, 1.54) is 18.9 Å². The minimum atomic E-state index is -3.77. The number of nitrogens with zero attached hydrogens (tertiary/aromatic N) is 5. The molecule has 1 fully saturated rings. The van der Waals surface area contributed by atoms with Gasteiger partial charge in [0.15, 0.2) is 0 Å². The van der Waals surface area contributed by atoms with Gasteiger partial charge in [-0.3, -0.25) is 9.80 Å². The first-order valence-electron chi connectivity index (χ1n) is 9.05. The van der Waals surface area contributed by atoms with Crippen LogP contribution in [0.1, 0.15) is 19.8 Å². The van der Waals surface area contributed by atoms with E-state index in [-0.39, 0.29) is 10.9 Å². The molecule has 0 amide bonds. The molecule has 9 nitrogen and oxygen atoms in total. The van der Waals surface area contributed by atoms with Crippen LogP contribution in [0.5, 0.6) is 0 Å². The maximum atomic E-state index is 12.7. The van der Waals surface area contributed by atoms with Gasteiger partial charge in [0.05, 0.1) is 25.1 Å². The molecule has 0 aliphatic carbocycles. The molecular weight excluding hydrogens is 386 g/mol. The Morgan fingerprint density at radius 2 is 2.26 bits per heavy atom. The molecule has 0 bridgehead atoms. The number of likely N-dealkylation sites (tertiary alicyclic amines) is 1. The van der Waals surface area contributed by atoms with Crippen LogP contribution in [0.25, 0.3) is 11.0 Å². The Morgan fingerprint density at radius 3 is 3.04 bits per heavy atom. The molecule has 2 aromatic rings. The van der Waals surface area contributed by atoms with E-state index in [0.29, 0.717) is 30.4 Å². The molecule has 1 saturated heterocycles. The van der Waals surface area contributed by atoms with Crippen molar-refractivity contribution in [2.24, 2.45) is 4.99 Å². The van der Waals surface area contributed by atoms with Gasteiger partial charge in [-0.05, 0) is 38.1 Å². The number of hydrogen-bond donors (Lipinski definition) is 2. The van der Waals surface area contributed by atoms with Gasteiger partial charge in [-0.15, -0.1) is 0 Å². The lowest BCUT2D eigenvalue weighted by Crippen LogP contribution is -2.52. The molecule has 11 heteroatoms.